The van der Waals surface area contributed by atoms with Crippen molar-refractivity contribution in [3.05, 3.63) is 48.5 Å². The van der Waals surface area contributed by atoms with Crippen LogP contribution in [0.25, 0.3) is 0 Å². The van der Waals surface area contributed by atoms with Gasteiger partial charge in [0.05, 0.1) is 14.2 Å². The van der Waals surface area contributed by atoms with Crippen LogP contribution in [0, 0.1) is 0 Å². The van der Waals surface area contributed by atoms with Gasteiger partial charge in [-0.25, -0.2) is 0 Å². The Hall–Kier alpha value is -2.36. The topological polar surface area (TPSA) is 24.9 Å². The molecule has 0 saturated heterocycles. The summed E-state index contributed by atoms with van der Waals surface area (Å²) in [6, 6.07) is 16.1. The van der Waals surface area contributed by atoms with E-state index in [1.807, 2.05) is 50.5 Å². The van der Waals surface area contributed by atoms with E-state index in [9.17, 15) is 0 Å². The van der Waals surface area contributed by atoms with Crippen molar-refractivity contribution in [2.45, 2.75) is 13.8 Å². The fourth-order valence-corrected chi connectivity index (χ4v) is 2.26. The van der Waals surface area contributed by atoms with Crippen molar-refractivity contribution in [3.63, 3.8) is 0 Å². The van der Waals surface area contributed by atoms with Gasteiger partial charge < -0.3 is 19.3 Å². The first-order valence-electron chi connectivity index (χ1n) is 8.26. The first-order valence-corrected chi connectivity index (χ1v) is 8.26. The molecule has 0 radical (unpaired) electrons. The summed E-state index contributed by atoms with van der Waals surface area (Å²) < 4.78 is 10.1. The second-order valence-corrected chi connectivity index (χ2v) is 5.46. The molecule has 4 nitrogen and oxygen atoms in total. The molecule has 0 spiro atoms. The number of hydrogen-bond acceptors (Lipinski definition) is 4. The highest BCUT2D eigenvalue weighted by Crippen LogP contribution is 2.18. The molecule has 0 heterocycles. The summed E-state index contributed by atoms with van der Waals surface area (Å²) in [5.74, 6) is 1.81. The van der Waals surface area contributed by atoms with Gasteiger partial charge in [0, 0.05) is 38.6 Å². The van der Waals surface area contributed by atoms with Gasteiger partial charge >= 0.3 is 0 Å². The smallest absolute Gasteiger partial charge is 0.119 e. The highest BCUT2D eigenvalue weighted by Gasteiger charge is 2.00. The Morgan fingerprint density at radius 2 is 1.04 bits per heavy atom. The molecule has 4 heteroatoms. The minimum absolute atomic E-state index is 0.899. The molecular weight excluding hydrogens is 300 g/mol. The van der Waals surface area contributed by atoms with Gasteiger partial charge in [-0.15, -0.1) is 0 Å². The van der Waals surface area contributed by atoms with Crippen molar-refractivity contribution in [1.29, 1.82) is 0 Å². The predicted molar refractivity (Wildman–Crippen MR) is 104 cm³/mol. The molecule has 2 aromatic rings. The third-order valence-corrected chi connectivity index (χ3v) is 3.79. The van der Waals surface area contributed by atoms with Gasteiger partial charge in [-0.1, -0.05) is 0 Å². The summed E-state index contributed by atoms with van der Waals surface area (Å²) in [5.41, 5.74) is 2.44. The largest absolute Gasteiger partial charge is 0.497 e. The number of rotatable bonds is 6. The molecule has 2 aromatic carbocycles. The van der Waals surface area contributed by atoms with Gasteiger partial charge in [0.15, 0.2) is 0 Å². The zero-order valence-electron chi connectivity index (χ0n) is 15.7. The van der Waals surface area contributed by atoms with E-state index in [4.69, 9.17) is 9.47 Å². The lowest BCUT2D eigenvalue weighted by Crippen LogP contribution is -2.21. The number of nitrogens with zero attached hydrogens (tertiary/aromatic N) is 2. The average molecular weight is 330 g/mol. The molecule has 132 valence electrons. The molecule has 0 aromatic heterocycles. The SMILES string of the molecule is CCN(CC)c1ccc(OC)cc1.COc1ccc(N(C)C)cc1. The molecular formula is C20H30N2O2. The van der Waals surface area contributed by atoms with Gasteiger partial charge in [-0.3, -0.25) is 0 Å². The highest BCUT2D eigenvalue weighted by molar-refractivity contribution is 5.49. The molecule has 0 fully saturated rings. The third kappa shape index (κ3) is 6.03. The Kier molecular flexibility index (Phi) is 8.55. The number of methoxy groups -OCH3 is 2. The molecule has 0 aliphatic rings. The Bertz CT molecular complexity index is 561. The van der Waals surface area contributed by atoms with E-state index in [-0.39, 0.29) is 0 Å². The molecule has 0 saturated carbocycles. The van der Waals surface area contributed by atoms with Crippen LogP contribution >= 0.6 is 0 Å². The lowest BCUT2D eigenvalue weighted by Gasteiger charge is -2.20. The minimum atomic E-state index is 0.899. The van der Waals surface area contributed by atoms with E-state index in [1.54, 1.807) is 14.2 Å². The highest BCUT2D eigenvalue weighted by atomic mass is 16.5. The minimum Gasteiger partial charge on any atom is -0.497 e. The van der Waals surface area contributed by atoms with Crippen LogP contribution in [0.2, 0.25) is 0 Å². The monoisotopic (exact) mass is 330 g/mol. The lowest BCUT2D eigenvalue weighted by molar-refractivity contribution is 0.414. The molecule has 0 aliphatic carbocycles. The summed E-state index contributed by atoms with van der Waals surface area (Å²) in [5, 5.41) is 0. The van der Waals surface area contributed by atoms with Crippen LogP contribution in [0.15, 0.2) is 48.5 Å². The van der Waals surface area contributed by atoms with Crippen LogP contribution in [0.1, 0.15) is 13.8 Å². The molecule has 0 amide bonds. The molecule has 0 unspecified atom stereocenters. The fraction of sp³-hybridized carbons (Fsp3) is 0.400. The predicted octanol–water partition coefficient (Wildman–Crippen LogP) is 4.30. The summed E-state index contributed by atoms with van der Waals surface area (Å²) in [7, 11) is 7.39. The first-order chi connectivity index (χ1) is 11.5. The Labute approximate surface area is 146 Å². The van der Waals surface area contributed by atoms with E-state index in [1.165, 1.54) is 11.4 Å². The van der Waals surface area contributed by atoms with Crippen LogP contribution < -0.4 is 19.3 Å². The van der Waals surface area contributed by atoms with Gasteiger partial charge in [-0.05, 0) is 62.4 Å². The van der Waals surface area contributed by atoms with Crippen LogP contribution in [0.3, 0.4) is 0 Å². The van der Waals surface area contributed by atoms with Crippen LogP contribution in [-0.2, 0) is 0 Å². The standard InChI is InChI=1S/C11H17NO.C9H13NO/c1-4-12(5-2)10-6-8-11(13-3)9-7-10;1-10(2)8-4-6-9(11-3)7-5-8/h6-9H,4-5H2,1-3H3;4-7H,1-3H3. The summed E-state index contributed by atoms with van der Waals surface area (Å²) in [6.45, 7) is 6.41. The quantitative estimate of drug-likeness (QED) is 0.788. The second kappa shape index (κ2) is 10.4. The maximum absolute atomic E-state index is 5.10. The van der Waals surface area contributed by atoms with Gasteiger partial charge in [0.1, 0.15) is 11.5 Å². The average Bonchev–Trinajstić information content (AvgIpc) is 2.64. The van der Waals surface area contributed by atoms with Crippen LogP contribution in [0.5, 0.6) is 11.5 Å². The maximum Gasteiger partial charge on any atom is 0.119 e. The second-order valence-electron chi connectivity index (χ2n) is 5.46. The Balaban J connectivity index is 0.000000243. The fourth-order valence-electron chi connectivity index (χ4n) is 2.26. The van der Waals surface area contributed by atoms with E-state index in [0.717, 1.165) is 24.6 Å². The number of ether oxygens (including phenoxy) is 2. The van der Waals surface area contributed by atoms with Crippen molar-refractivity contribution in [2.75, 3.05) is 51.2 Å². The van der Waals surface area contributed by atoms with Gasteiger partial charge in [0.25, 0.3) is 0 Å². The van der Waals surface area contributed by atoms with Crippen molar-refractivity contribution >= 4 is 11.4 Å². The number of anilines is 2. The molecule has 0 bridgehead atoms. The van der Waals surface area contributed by atoms with Gasteiger partial charge in [0.2, 0.25) is 0 Å². The molecule has 0 atom stereocenters. The van der Waals surface area contributed by atoms with Gasteiger partial charge in [-0.2, -0.15) is 0 Å². The third-order valence-electron chi connectivity index (χ3n) is 3.79. The Morgan fingerprint density at radius 1 is 0.667 bits per heavy atom. The normalized spacial score (nSPS) is 9.58. The van der Waals surface area contributed by atoms with Crippen molar-refractivity contribution in [2.24, 2.45) is 0 Å². The molecule has 24 heavy (non-hydrogen) atoms. The zero-order valence-corrected chi connectivity index (χ0v) is 15.7. The maximum atomic E-state index is 5.10. The molecule has 0 N–H and O–H groups in total. The number of benzene rings is 2. The van der Waals surface area contributed by atoms with Crippen molar-refractivity contribution in [3.8, 4) is 11.5 Å². The first kappa shape index (κ1) is 19.7. The molecule has 0 aliphatic heterocycles. The van der Waals surface area contributed by atoms with E-state index in [0.29, 0.717) is 0 Å². The molecule has 2 rings (SSSR count). The van der Waals surface area contributed by atoms with E-state index >= 15 is 0 Å². The summed E-state index contributed by atoms with van der Waals surface area (Å²) >= 11 is 0. The summed E-state index contributed by atoms with van der Waals surface area (Å²) in [6.07, 6.45) is 0. The number of hydrogen-bond donors (Lipinski definition) is 0. The Morgan fingerprint density at radius 3 is 1.33 bits per heavy atom. The summed E-state index contributed by atoms with van der Waals surface area (Å²) in [4.78, 5) is 4.36. The lowest BCUT2D eigenvalue weighted by atomic mass is 10.2. The van der Waals surface area contributed by atoms with E-state index in [2.05, 4.69) is 35.8 Å². The van der Waals surface area contributed by atoms with Crippen molar-refractivity contribution < 1.29 is 9.47 Å². The zero-order chi connectivity index (χ0) is 17.9. The van der Waals surface area contributed by atoms with E-state index < -0.39 is 0 Å². The van der Waals surface area contributed by atoms with Crippen LogP contribution in [0.4, 0.5) is 11.4 Å². The van der Waals surface area contributed by atoms with Crippen LogP contribution in [-0.4, -0.2) is 41.4 Å². The van der Waals surface area contributed by atoms with Crippen molar-refractivity contribution in [1.82, 2.24) is 0 Å².